The Hall–Kier alpha value is -0.950. The van der Waals surface area contributed by atoms with Crippen molar-refractivity contribution >= 4 is 34.3 Å². The molecule has 0 aliphatic heterocycles. The van der Waals surface area contributed by atoms with Crippen LogP contribution in [0.2, 0.25) is 5.28 Å². The molecular formula is C10H18ClN5OS. The van der Waals surface area contributed by atoms with Gasteiger partial charge < -0.3 is 10.2 Å². The zero-order chi connectivity index (χ0) is 13.5. The molecule has 8 heteroatoms. The summed E-state index contributed by atoms with van der Waals surface area (Å²) in [5, 5.41) is 3.15. The Morgan fingerprint density at radius 2 is 1.94 bits per heavy atom. The topological polar surface area (TPSA) is 71.0 Å². The van der Waals surface area contributed by atoms with Crippen LogP contribution in [0.3, 0.4) is 0 Å². The highest BCUT2D eigenvalue weighted by Crippen LogP contribution is 2.13. The molecular weight excluding hydrogens is 274 g/mol. The predicted octanol–water partition coefficient (Wildman–Crippen LogP) is 1.16. The Labute approximate surface area is 115 Å². The third-order valence-electron chi connectivity index (χ3n) is 2.32. The average Bonchev–Trinajstić information content (AvgIpc) is 2.29. The lowest BCUT2D eigenvalue weighted by Crippen LogP contribution is -2.25. The molecule has 18 heavy (non-hydrogen) atoms. The van der Waals surface area contributed by atoms with Crippen LogP contribution in [0, 0.1) is 0 Å². The van der Waals surface area contributed by atoms with Crippen LogP contribution in [0.25, 0.3) is 0 Å². The first kappa shape index (κ1) is 15.1. The number of hydrogen-bond acceptors (Lipinski definition) is 6. The Morgan fingerprint density at radius 1 is 1.28 bits per heavy atom. The number of rotatable bonds is 7. The molecule has 102 valence electrons. The zero-order valence-electron chi connectivity index (χ0n) is 10.8. The molecule has 1 heterocycles. The minimum Gasteiger partial charge on any atom is -0.353 e. The highest BCUT2D eigenvalue weighted by Gasteiger charge is 2.09. The summed E-state index contributed by atoms with van der Waals surface area (Å²) in [4.78, 5) is 14.3. The van der Waals surface area contributed by atoms with E-state index in [4.69, 9.17) is 11.6 Å². The first-order chi connectivity index (χ1) is 8.56. The van der Waals surface area contributed by atoms with E-state index in [0.29, 0.717) is 24.2 Å². The summed E-state index contributed by atoms with van der Waals surface area (Å²) in [5.74, 6) is 1.52. The van der Waals surface area contributed by atoms with E-state index in [2.05, 4.69) is 20.3 Å². The van der Waals surface area contributed by atoms with Crippen molar-refractivity contribution in [2.24, 2.45) is 0 Å². The van der Waals surface area contributed by atoms with Crippen LogP contribution in [0.1, 0.15) is 13.8 Å². The summed E-state index contributed by atoms with van der Waals surface area (Å²) in [5.41, 5.74) is 0. The first-order valence-corrected chi connectivity index (χ1v) is 7.87. The van der Waals surface area contributed by atoms with E-state index in [1.165, 1.54) is 0 Å². The summed E-state index contributed by atoms with van der Waals surface area (Å²) in [6.07, 6.45) is 1.66. The molecule has 0 saturated heterocycles. The zero-order valence-corrected chi connectivity index (χ0v) is 12.4. The molecule has 0 radical (unpaired) electrons. The molecule has 1 atom stereocenters. The number of aromatic nitrogens is 3. The van der Waals surface area contributed by atoms with Gasteiger partial charge in [0.05, 0.1) is 0 Å². The Kier molecular flexibility index (Phi) is 6.28. The molecule has 6 nitrogen and oxygen atoms in total. The fourth-order valence-electron chi connectivity index (χ4n) is 1.37. The standard InChI is InChI=1S/C10H18ClN5OS/c1-4-16(5-2)10-14-8(11)13-9(15-10)12-6-7-18(3)17/h4-7H2,1-3H3,(H,12,13,14,15). The third kappa shape index (κ3) is 4.73. The van der Waals surface area contributed by atoms with E-state index in [9.17, 15) is 4.21 Å². The maximum absolute atomic E-state index is 11.0. The van der Waals surface area contributed by atoms with Gasteiger partial charge in [-0.15, -0.1) is 0 Å². The molecule has 1 unspecified atom stereocenters. The molecule has 0 aliphatic carbocycles. The summed E-state index contributed by atoms with van der Waals surface area (Å²) in [6.45, 7) is 6.19. The minimum atomic E-state index is -0.839. The molecule has 1 aromatic heterocycles. The average molecular weight is 292 g/mol. The van der Waals surface area contributed by atoms with Crippen LogP contribution >= 0.6 is 11.6 Å². The number of nitrogens with zero attached hydrogens (tertiary/aromatic N) is 4. The summed E-state index contributed by atoms with van der Waals surface area (Å²) in [6, 6.07) is 0. The highest BCUT2D eigenvalue weighted by atomic mass is 35.5. The molecule has 1 aromatic rings. The molecule has 0 aromatic carbocycles. The quantitative estimate of drug-likeness (QED) is 0.813. The van der Waals surface area contributed by atoms with E-state index in [1.54, 1.807) is 6.26 Å². The number of nitrogens with one attached hydrogen (secondary N) is 1. The number of hydrogen-bond donors (Lipinski definition) is 1. The van der Waals surface area contributed by atoms with Crippen LogP contribution in [0.15, 0.2) is 0 Å². The van der Waals surface area contributed by atoms with Gasteiger partial charge in [-0.25, -0.2) is 0 Å². The van der Waals surface area contributed by atoms with E-state index in [0.717, 1.165) is 13.1 Å². The van der Waals surface area contributed by atoms with Crippen LogP contribution in [-0.4, -0.2) is 50.8 Å². The minimum absolute atomic E-state index is 0.159. The van der Waals surface area contributed by atoms with Gasteiger partial charge in [0.15, 0.2) is 0 Å². The van der Waals surface area contributed by atoms with Crippen molar-refractivity contribution in [2.45, 2.75) is 13.8 Å². The fourth-order valence-corrected chi connectivity index (χ4v) is 1.92. The summed E-state index contributed by atoms with van der Waals surface area (Å²) < 4.78 is 11.0. The molecule has 0 bridgehead atoms. The van der Waals surface area contributed by atoms with Gasteiger partial charge in [0.25, 0.3) is 0 Å². The lowest BCUT2D eigenvalue weighted by molar-refractivity contribution is 0.687. The lowest BCUT2D eigenvalue weighted by atomic mass is 10.5. The maximum Gasteiger partial charge on any atom is 0.231 e. The van der Waals surface area contributed by atoms with Gasteiger partial charge >= 0.3 is 0 Å². The molecule has 0 fully saturated rings. The smallest absolute Gasteiger partial charge is 0.231 e. The first-order valence-electron chi connectivity index (χ1n) is 5.77. The van der Waals surface area contributed by atoms with Crippen LogP contribution in [0.5, 0.6) is 0 Å². The molecule has 0 spiro atoms. The Morgan fingerprint density at radius 3 is 2.50 bits per heavy atom. The predicted molar refractivity (Wildman–Crippen MR) is 75.8 cm³/mol. The lowest BCUT2D eigenvalue weighted by Gasteiger charge is -2.18. The summed E-state index contributed by atoms with van der Waals surface area (Å²) >= 11 is 5.86. The van der Waals surface area contributed by atoms with Gasteiger partial charge in [0.1, 0.15) is 0 Å². The molecule has 0 amide bonds. The van der Waals surface area contributed by atoms with Gasteiger partial charge in [-0.05, 0) is 25.4 Å². The van der Waals surface area contributed by atoms with Crippen LogP contribution in [0.4, 0.5) is 11.9 Å². The second kappa shape index (κ2) is 7.48. The van der Waals surface area contributed by atoms with Gasteiger partial charge in [0, 0.05) is 42.4 Å². The van der Waals surface area contributed by atoms with Gasteiger partial charge in [-0.2, -0.15) is 15.0 Å². The van der Waals surface area contributed by atoms with Crippen molar-refractivity contribution in [3.05, 3.63) is 5.28 Å². The van der Waals surface area contributed by atoms with Crippen molar-refractivity contribution < 1.29 is 4.21 Å². The molecule has 0 saturated carbocycles. The van der Waals surface area contributed by atoms with E-state index in [1.807, 2.05) is 18.7 Å². The van der Waals surface area contributed by atoms with E-state index >= 15 is 0 Å². The van der Waals surface area contributed by atoms with Gasteiger partial charge in [0.2, 0.25) is 17.2 Å². The highest BCUT2D eigenvalue weighted by molar-refractivity contribution is 7.84. The Balaban J connectivity index is 2.77. The van der Waals surface area contributed by atoms with Gasteiger partial charge in [-0.3, -0.25) is 4.21 Å². The van der Waals surface area contributed by atoms with Crippen LogP contribution < -0.4 is 10.2 Å². The normalized spacial score (nSPS) is 12.2. The van der Waals surface area contributed by atoms with Crippen molar-refractivity contribution in [1.29, 1.82) is 0 Å². The van der Waals surface area contributed by atoms with E-state index < -0.39 is 10.8 Å². The molecule has 0 aliphatic rings. The third-order valence-corrected chi connectivity index (χ3v) is 3.26. The second-order valence-corrected chi connectivity index (χ2v) is 5.50. The molecule has 1 rings (SSSR count). The number of halogens is 1. The van der Waals surface area contributed by atoms with Crippen molar-refractivity contribution in [3.63, 3.8) is 0 Å². The second-order valence-electron chi connectivity index (χ2n) is 3.60. The summed E-state index contributed by atoms with van der Waals surface area (Å²) in [7, 11) is -0.839. The Bertz CT molecular complexity index is 413. The number of anilines is 2. The van der Waals surface area contributed by atoms with Crippen molar-refractivity contribution in [3.8, 4) is 0 Å². The van der Waals surface area contributed by atoms with Crippen molar-refractivity contribution in [1.82, 2.24) is 15.0 Å². The van der Waals surface area contributed by atoms with Crippen molar-refractivity contribution in [2.75, 3.05) is 41.9 Å². The molecule has 1 N–H and O–H groups in total. The largest absolute Gasteiger partial charge is 0.353 e. The SMILES string of the molecule is CCN(CC)c1nc(Cl)nc(NCCS(C)=O)n1. The van der Waals surface area contributed by atoms with E-state index in [-0.39, 0.29) is 5.28 Å². The van der Waals surface area contributed by atoms with Crippen LogP contribution in [-0.2, 0) is 10.8 Å². The van der Waals surface area contributed by atoms with Gasteiger partial charge in [-0.1, -0.05) is 0 Å². The maximum atomic E-state index is 11.0. The monoisotopic (exact) mass is 291 g/mol. The fraction of sp³-hybridized carbons (Fsp3) is 0.700.